The Balaban J connectivity index is 2.54. The van der Waals surface area contributed by atoms with E-state index < -0.39 is 0 Å². The molecule has 0 saturated heterocycles. The number of nitrogens with zero attached hydrogens (tertiary/aromatic N) is 2. The van der Waals surface area contributed by atoms with Crippen molar-refractivity contribution in [2.24, 2.45) is 5.73 Å². The summed E-state index contributed by atoms with van der Waals surface area (Å²) < 4.78 is 2.93. The molecule has 2 aromatic rings. The number of hydrogen-bond acceptors (Lipinski definition) is 2. The highest BCUT2D eigenvalue weighted by Gasteiger charge is 2.25. The van der Waals surface area contributed by atoms with Gasteiger partial charge in [0.25, 0.3) is 0 Å². The van der Waals surface area contributed by atoms with Crippen LogP contribution in [0, 0.1) is 13.8 Å². The molecule has 0 bridgehead atoms. The van der Waals surface area contributed by atoms with Gasteiger partial charge in [0.1, 0.15) is 0 Å². The minimum absolute atomic E-state index is 0.137. The number of aromatic nitrogens is 2. The predicted octanol–water partition coefficient (Wildman–Crippen LogP) is 3.49. The van der Waals surface area contributed by atoms with Crippen molar-refractivity contribution in [1.29, 1.82) is 0 Å². The van der Waals surface area contributed by atoms with E-state index >= 15 is 0 Å². The van der Waals surface area contributed by atoms with Gasteiger partial charge in [-0.05, 0) is 47.0 Å². The van der Waals surface area contributed by atoms with Crippen molar-refractivity contribution < 1.29 is 0 Å². The average Bonchev–Trinajstić information content (AvgIpc) is 2.75. The van der Waals surface area contributed by atoms with Gasteiger partial charge in [0.15, 0.2) is 0 Å². The van der Waals surface area contributed by atoms with Crippen LogP contribution in [0.25, 0.3) is 5.69 Å². The molecule has 2 N–H and O–H groups in total. The third-order valence-corrected chi connectivity index (χ3v) is 4.22. The number of halogens is 1. The molecule has 102 valence electrons. The van der Waals surface area contributed by atoms with Crippen molar-refractivity contribution in [3.05, 3.63) is 45.7 Å². The Bertz CT molecular complexity index is 599. The number of benzene rings is 1. The zero-order valence-electron chi connectivity index (χ0n) is 11.9. The number of hydrogen-bond donors (Lipinski definition) is 1. The molecule has 0 aliphatic carbocycles. The number of rotatable bonds is 3. The van der Waals surface area contributed by atoms with Gasteiger partial charge >= 0.3 is 0 Å². The second-order valence-corrected chi connectivity index (χ2v) is 6.43. The van der Waals surface area contributed by atoms with E-state index in [0.29, 0.717) is 6.54 Å². The minimum atomic E-state index is -0.137. The van der Waals surface area contributed by atoms with Gasteiger partial charge in [-0.3, -0.25) is 0 Å². The van der Waals surface area contributed by atoms with Gasteiger partial charge in [0, 0.05) is 18.2 Å². The molecule has 0 atom stereocenters. The van der Waals surface area contributed by atoms with Crippen molar-refractivity contribution in [3.8, 4) is 5.69 Å². The summed E-state index contributed by atoms with van der Waals surface area (Å²) in [7, 11) is 0. The molecule has 0 amide bonds. The molecule has 0 aliphatic rings. The fraction of sp³-hybridized carbons (Fsp3) is 0.400. The Kier molecular flexibility index (Phi) is 3.83. The maximum Gasteiger partial charge on any atom is 0.0839 e. The molecule has 19 heavy (non-hydrogen) atoms. The summed E-state index contributed by atoms with van der Waals surface area (Å²) in [6.45, 7) is 9.01. The molecule has 3 nitrogen and oxygen atoms in total. The molecule has 0 radical (unpaired) electrons. The zero-order chi connectivity index (χ0) is 14.2. The highest BCUT2D eigenvalue weighted by molar-refractivity contribution is 9.10. The Morgan fingerprint density at radius 3 is 2.63 bits per heavy atom. The fourth-order valence-electron chi connectivity index (χ4n) is 2.02. The SMILES string of the molecule is Cc1cccc(-n2cc(Br)c(C(C)(C)CN)n2)c1C. The Morgan fingerprint density at radius 2 is 2.00 bits per heavy atom. The predicted molar refractivity (Wildman–Crippen MR) is 82.8 cm³/mol. The smallest absolute Gasteiger partial charge is 0.0839 e. The van der Waals surface area contributed by atoms with Gasteiger partial charge in [-0.2, -0.15) is 5.10 Å². The summed E-state index contributed by atoms with van der Waals surface area (Å²) in [6.07, 6.45) is 2.01. The summed E-state index contributed by atoms with van der Waals surface area (Å²) in [5.41, 5.74) is 10.3. The van der Waals surface area contributed by atoms with E-state index in [1.165, 1.54) is 11.1 Å². The molecule has 0 unspecified atom stereocenters. The lowest BCUT2D eigenvalue weighted by Crippen LogP contribution is -2.29. The molecule has 0 spiro atoms. The third-order valence-electron chi connectivity index (χ3n) is 3.64. The highest BCUT2D eigenvalue weighted by Crippen LogP contribution is 2.29. The van der Waals surface area contributed by atoms with E-state index in [1.54, 1.807) is 0 Å². The van der Waals surface area contributed by atoms with Crippen molar-refractivity contribution in [3.63, 3.8) is 0 Å². The molecular formula is C15H20BrN3. The third kappa shape index (κ3) is 2.60. The molecule has 1 aromatic heterocycles. The lowest BCUT2D eigenvalue weighted by atomic mass is 9.90. The van der Waals surface area contributed by atoms with Crippen LogP contribution in [0.3, 0.4) is 0 Å². The van der Waals surface area contributed by atoms with E-state index in [9.17, 15) is 0 Å². The standard InChI is InChI=1S/C15H20BrN3/c1-10-6-5-7-13(11(10)2)19-8-12(16)14(18-19)15(3,4)9-17/h5-8H,9,17H2,1-4H3. The first kappa shape index (κ1) is 14.3. The van der Waals surface area contributed by atoms with Crippen molar-refractivity contribution in [1.82, 2.24) is 9.78 Å². The van der Waals surface area contributed by atoms with Crippen LogP contribution in [0.4, 0.5) is 0 Å². The Morgan fingerprint density at radius 1 is 1.32 bits per heavy atom. The first-order valence-corrected chi connectivity index (χ1v) is 7.18. The van der Waals surface area contributed by atoms with Gasteiger partial charge in [-0.1, -0.05) is 26.0 Å². The normalized spacial score (nSPS) is 11.9. The lowest BCUT2D eigenvalue weighted by Gasteiger charge is -2.20. The second-order valence-electron chi connectivity index (χ2n) is 5.58. The Labute approximate surface area is 122 Å². The summed E-state index contributed by atoms with van der Waals surface area (Å²) in [4.78, 5) is 0. The van der Waals surface area contributed by atoms with Crippen molar-refractivity contribution in [2.75, 3.05) is 6.54 Å². The van der Waals surface area contributed by atoms with Crippen LogP contribution < -0.4 is 5.73 Å². The molecular weight excluding hydrogens is 302 g/mol. The summed E-state index contributed by atoms with van der Waals surface area (Å²) in [6, 6.07) is 6.25. The van der Waals surface area contributed by atoms with Crippen LogP contribution >= 0.6 is 15.9 Å². The van der Waals surface area contributed by atoms with Crippen LogP contribution in [-0.2, 0) is 5.41 Å². The van der Waals surface area contributed by atoms with E-state index in [0.717, 1.165) is 15.9 Å². The van der Waals surface area contributed by atoms with Gasteiger partial charge in [-0.15, -0.1) is 0 Å². The molecule has 1 aromatic carbocycles. The maximum atomic E-state index is 5.84. The summed E-state index contributed by atoms with van der Waals surface area (Å²) in [5, 5.41) is 4.71. The topological polar surface area (TPSA) is 43.8 Å². The van der Waals surface area contributed by atoms with Crippen LogP contribution in [0.15, 0.2) is 28.9 Å². The lowest BCUT2D eigenvalue weighted by molar-refractivity contribution is 0.513. The van der Waals surface area contributed by atoms with Crippen molar-refractivity contribution in [2.45, 2.75) is 33.1 Å². The molecule has 0 aliphatic heterocycles. The number of nitrogens with two attached hydrogens (primary N) is 1. The van der Waals surface area contributed by atoms with E-state index in [2.05, 4.69) is 61.8 Å². The first-order chi connectivity index (χ1) is 8.86. The zero-order valence-corrected chi connectivity index (χ0v) is 13.5. The van der Waals surface area contributed by atoms with Gasteiger partial charge in [0.2, 0.25) is 0 Å². The summed E-state index contributed by atoms with van der Waals surface area (Å²) >= 11 is 3.60. The van der Waals surface area contributed by atoms with Crippen LogP contribution in [0.2, 0.25) is 0 Å². The first-order valence-electron chi connectivity index (χ1n) is 6.39. The van der Waals surface area contributed by atoms with E-state index in [-0.39, 0.29) is 5.41 Å². The van der Waals surface area contributed by atoms with Gasteiger partial charge in [0.05, 0.1) is 15.9 Å². The maximum absolute atomic E-state index is 5.84. The monoisotopic (exact) mass is 321 g/mol. The van der Waals surface area contributed by atoms with E-state index in [1.807, 2.05) is 10.9 Å². The molecule has 2 rings (SSSR count). The summed E-state index contributed by atoms with van der Waals surface area (Å²) in [5.74, 6) is 0. The van der Waals surface area contributed by atoms with Crippen LogP contribution in [0.5, 0.6) is 0 Å². The Hall–Kier alpha value is -1.13. The molecule has 0 fully saturated rings. The molecule has 4 heteroatoms. The van der Waals surface area contributed by atoms with Crippen LogP contribution in [0.1, 0.15) is 30.7 Å². The average molecular weight is 322 g/mol. The van der Waals surface area contributed by atoms with Gasteiger partial charge in [-0.25, -0.2) is 4.68 Å². The van der Waals surface area contributed by atoms with Crippen LogP contribution in [-0.4, -0.2) is 16.3 Å². The quantitative estimate of drug-likeness (QED) is 0.940. The number of aryl methyl sites for hydroxylation is 1. The molecule has 1 heterocycles. The highest BCUT2D eigenvalue weighted by atomic mass is 79.9. The van der Waals surface area contributed by atoms with Gasteiger partial charge < -0.3 is 5.73 Å². The molecule has 0 saturated carbocycles. The van der Waals surface area contributed by atoms with Crippen molar-refractivity contribution >= 4 is 15.9 Å². The fourth-order valence-corrected chi connectivity index (χ4v) is 2.83. The minimum Gasteiger partial charge on any atom is -0.330 e. The second kappa shape index (κ2) is 5.10. The largest absolute Gasteiger partial charge is 0.330 e. The van der Waals surface area contributed by atoms with E-state index in [4.69, 9.17) is 10.8 Å².